The number of aromatic nitrogens is 1. The van der Waals surface area contributed by atoms with Gasteiger partial charge >= 0.3 is 12.3 Å². The smallest absolute Gasteiger partial charge is 0.422 e. The molecule has 8 heteroatoms. The lowest BCUT2D eigenvalue weighted by Crippen LogP contribution is -2.26. The van der Waals surface area contributed by atoms with Gasteiger partial charge in [0.1, 0.15) is 6.61 Å². The molecule has 168 valence electrons. The number of hydrogen-bond acceptors (Lipinski definition) is 4. The SMILES string of the molecule is O=C(NCC#Cc1ccc(OCC(F)(F)F)nc1)OCC1c2ccccc2-c2ccccc21. The molecule has 1 aliphatic rings. The summed E-state index contributed by atoms with van der Waals surface area (Å²) in [5, 5.41) is 2.57. The van der Waals surface area contributed by atoms with E-state index in [4.69, 9.17) is 4.74 Å². The first-order chi connectivity index (χ1) is 15.9. The standard InChI is InChI=1S/C25H19F3N2O3/c26-25(27,28)16-33-23-12-11-17(14-30-23)6-5-13-29-24(31)32-15-22-20-9-3-1-7-18(20)19-8-2-4-10-21(19)22/h1-4,7-12,14,22H,13,15-16H2,(H,29,31). The highest BCUT2D eigenvalue weighted by molar-refractivity contribution is 5.79. The Morgan fingerprint density at radius 1 is 1.00 bits per heavy atom. The molecule has 1 heterocycles. The molecular formula is C25H19F3N2O3. The summed E-state index contributed by atoms with van der Waals surface area (Å²) >= 11 is 0. The zero-order chi connectivity index (χ0) is 23.3. The Balaban J connectivity index is 1.26. The van der Waals surface area contributed by atoms with Crippen molar-refractivity contribution in [2.45, 2.75) is 12.1 Å². The third-order valence-corrected chi connectivity index (χ3v) is 5.02. The second-order valence-corrected chi connectivity index (χ2v) is 7.27. The van der Waals surface area contributed by atoms with Crippen molar-refractivity contribution in [3.8, 4) is 28.8 Å². The van der Waals surface area contributed by atoms with E-state index in [-0.39, 0.29) is 24.9 Å². The van der Waals surface area contributed by atoms with Gasteiger partial charge in [0.25, 0.3) is 0 Å². The quantitative estimate of drug-likeness (QED) is 0.559. The Hall–Kier alpha value is -3.99. The number of fused-ring (bicyclic) bond motifs is 3. The lowest BCUT2D eigenvalue weighted by molar-refractivity contribution is -0.154. The van der Waals surface area contributed by atoms with Gasteiger partial charge in [-0.1, -0.05) is 60.4 Å². The minimum Gasteiger partial charge on any atom is -0.468 e. The molecule has 2 aromatic carbocycles. The topological polar surface area (TPSA) is 60.5 Å². The fourth-order valence-electron chi connectivity index (χ4n) is 3.61. The van der Waals surface area contributed by atoms with Crippen molar-refractivity contribution < 1.29 is 27.4 Å². The van der Waals surface area contributed by atoms with E-state index in [1.165, 1.54) is 18.3 Å². The number of alkyl halides is 3. The maximum Gasteiger partial charge on any atom is 0.422 e. The average molecular weight is 452 g/mol. The number of ether oxygens (including phenoxy) is 2. The van der Waals surface area contributed by atoms with Crippen LogP contribution in [-0.4, -0.2) is 37.0 Å². The maximum atomic E-state index is 12.1. The molecule has 4 rings (SSSR count). The first kappa shape index (κ1) is 22.2. The van der Waals surface area contributed by atoms with Crippen LogP contribution in [0.5, 0.6) is 5.88 Å². The van der Waals surface area contributed by atoms with Crippen molar-refractivity contribution in [2.24, 2.45) is 0 Å². The molecule has 33 heavy (non-hydrogen) atoms. The van der Waals surface area contributed by atoms with Crippen LogP contribution in [0.1, 0.15) is 22.6 Å². The molecule has 5 nitrogen and oxygen atoms in total. The van der Waals surface area contributed by atoms with Crippen LogP contribution >= 0.6 is 0 Å². The Morgan fingerprint density at radius 3 is 2.27 bits per heavy atom. The molecule has 0 aliphatic heterocycles. The van der Waals surface area contributed by atoms with E-state index in [0.29, 0.717) is 5.56 Å². The highest BCUT2D eigenvalue weighted by Gasteiger charge is 2.29. The van der Waals surface area contributed by atoms with Gasteiger partial charge in [-0.2, -0.15) is 13.2 Å². The minimum atomic E-state index is -4.43. The van der Waals surface area contributed by atoms with Crippen LogP contribution in [0.4, 0.5) is 18.0 Å². The predicted octanol–water partition coefficient (Wildman–Crippen LogP) is 4.91. The average Bonchev–Trinajstić information content (AvgIpc) is 3.13. The highest BCUT2D eigenvalue weighted by atomic mass is 19.4. The fourth-order valence-corrected chi connectivity index (χ4v) is 3.61. The lowest BCUT2D eigenvalue weighted by atomic mass is 9.98. The van der Waals surface area contributed by atoms with E-state index in [9.17, 15) is 18.0 Å². The lowest BCUT2D eigenvalue weighted by Gasteiger charge is -2.14. The van der Waals surface area contributed by atoms with Gasteiger partial charge in [0, 0.05) is 23.7 Å². The number of benzene rings is 2. The largest absolute Gasteiger partial charge is 0.468 e. The summed E-state index contributed by atoms with van der Waals surface area (Å²) in [5.41, 5.74) is 5.03. The number of carbonyl (C=O) groups is 1. The molecule has 0 bridgehead atoms. The second-order valence-electron chi connectivity index (χ2n) is 7.27. The molecule has 0 radical (unpaired) electrons. The van der Waals surface area contributed by atoms with Gasteiger partial charge in [-0.25, -0.2) is 9.78 Å². The molecule has 0 saturated carbocycles. The molecule has 1 N–H and O–H groups in total. The Morgan fingerprint density at radius 2 is 1.67 bits per heavy atom. The molecule has 3 aromatic rings. The second kappa shape index (κ2) is 9.65. The van der Waals surface area contributed by atoms with Crippen molar-refractivity contribution in [3.05, 3.63) is 83.6 Å². The van der Waals surface area contributed by atoms with Crippen LogP contribution in [0.2, 0.25) is 0 Å². The number of amides is 1. The van der Waals surface area contributed by atoms with Gasteiger partial charge in [-0.15, -0.1) is 0 Å². The van der Waals surface area contributed by atoms with E-state index >= 15 is 0 Å². The molecular weight excluding hydrogens is 433 g/mol. The number of carbonyl (C=O) groups excluding carboxylic acids is 1. The summed E-state index contributed by atoms with van der Waals surface area (Å²) in [6.07, 6.45) is -3.71. The van der Waals surface area contributed by atoms with Crippen molar-refractivity contribution >= 4 is 6.09 Å². The monoisotopic (exact) mass is 452 g/mol. The Labute approximate surface area is 188 Å². The Kier molecular flexibility index (Phi) is 6.50. The normalized spacial score (nSPS) is 12.2. The summed E-state index contributed by atoms with van der Waals surface area (Å²) in [5.74, 6) is 5.33. The third-order valence-electron chi connectivity index (χ3n) is 5.02. The van der Waals surface area contributed by atoms with E-state index in [2.05, 4.69) is 39.0 Å². The van der Waals surface area contributed by atoms with Crippen molar-refractivity contribution in [2.75, 3.05) is 19.8 Å². The van der Waals surface area contributed by atoms with Crippen molar-refractivity contribution in [3.63, 3.8) is 0 Å². The number of nitrogens with zero attached hydrogens (tertiary/aromatic N) is 1. The first-order valence-corrected chi connectivity index (χ1v) is 10.1. The van der Waals surface area contributed by atoms with E-state index < -0.39 is 18.9 Å². The summed E-state index contributed by atoms with van der Waals surface area (Å²) in [4.78, 5) is 15.9. The summed E-state index contributed by atoms with van der Waals surface area (Å²) in [7, 11) is 0. The maximum absolute atomic E-state index is 12.1. The number of halogens is 3. The van der Waals surface area contributed by atoms with Crippen molar-refractivity contribution in [1.29, 1.82) is 0 Å². The van der Waals surface area contributed by atoms with Crippen LogP contribution < -0.4 is 10.1 Å². The van der Waals surface area contributed by atoms with Crippen molar-refractivity contribution in [1.82, 2.24) is 10.3 Å². The van der Waals surface area contributed by atoms with Crippen LogP contribution in [0.15, 0.2) is 66.9 Å². The molecule has 1 aromatic heterocycles. The fraction of sp³-hybridized carbons (Fsp3) is 0.200. The minimum absolute atomic E-state index is 0.0293. The van der Waals surface area contributed by atoms with Gasteiger partial charge < -0.3 is 14.8 Å². The van der Waals surface area contributed by atoms with E-state index in [1.807, 2.05) is 36.4 Å². The van der Waals surface area contributed by atoms with Crippen LogP contribution in [0.3, 0.4) is 0 Å². The molecule has 0 atom stereocenters. The zero-order valence-corrected chi connectivity index (χ0v) is 17.4. The number of pyridine rings is 1. The molecule has 0 spiro atoms. The van der Waals surface area contributed by atoms with Gasteiger partial charge in [0.2, 0.25) is 5.88 Å². The zero-order valence-electron chi connectivity index (χ0n) is 17.4. The number of alkyl carbamates (subject to hydrolysis) is 1. The van der Waals surface area contributed by atoms with Gasteiger partial charge in [-0.05, 0) is 28.3 Å². The number of hydrogen-bond donors (Lipinski definition) is 1. The molecule has 1 amide bonds. The summed E-state index contributed by atoms with van der Waals surface area (Å²) < 4.78 is 46.4. The van der Waals surface area contributed by atoms with Gasteiger partial charge in [-0.3, -0.25) is 0 Å². The number of rotatable bonds is 5. The van der Waals surface area contributed by atoms with E-state index in [1.54, 1.807) is 0 Å². The first-order valence-electron chi connectivity index (χ1n) is 10.1. The third kappa shape index (κ3) is 5.63. The summed E-state index contributed by atoms with van der Waals surface area (Å²) in [6.45, 7) is -1.16. The highest BCUT2D eigenvalue weighted by Crippen LogP contribution is 2.44. The van der Waals surface area contributed by atoms with E-state index in [0.717, 1.165) is 22.3 Å². The number of nitrogens with one attached hydrogen (secondary N) is 1. The van der Waals surface area contributed by atoms with Crippen LogP contribution in [0.25, 0.3) is 11.1 Å². The predicted molar refractivity (Wildman–Crippen MR) is 116 cm³/mol. The molecule has 0 saturated heterocycles. The summed E-state index contributed by atoms with van der Waals surface area (Å²) in [6, 6.07) is 18.9. The van der Waals surface area contributed by atoms with Crippen LogP contribution in [-0.2, 0) is 4.74 Å². The molecule has 1 aliphatic carbocycles. The van der Waals surface area contributed by atoms with Gasteiger partial charge in [0.15, 0.2) is 6.61 Å². The van der Waals surface area contributed by atoms with Crippen LogP contribution in [0, 0.1) is 11.8 Å². The Bertz CT molecular complexity index is 1150. The molecule has 0 fully saturated rings. The molecule has 0 unspecified atom stereocenters. The van der Waals surface area contributed by atoms with Gasteiger partial charge in [0.05, 0.1) is 6.54 Å².